The van der Waals surface area contributed by atoms with Crippen molar-refractivity contribution in [1.82, 2.24) is 5.32 Å². The average Bonchev–Trinajstić information content (AvgIpc) is 2.35. The van der Waals surface area contributed by atoms with Gasteiger partial charge < -0.3 is 15.2 Å². The molecule has 1 unspecified atom stereocenters. The zero-order chi connectivity index (χ0) is 14.4. The van der Waals surface area contributed by atoms with Gasteiger partial charge in [-0.3, -0.25) is 0 Å². The maximum absolute atomic E-state index is 9.89. The second kappa shape index (κ2) is 8.01. The van der Waals surface area contributed by atoms with E-state index in [-0.39, 0.29) is 0 Å². The van der Waals surface area contributed by atoms with E-state index in [2.05, 4.69) is 21.2 Å². The third-order valence-electron chi connectivity index (χ3n) is 3.85. The number of aryl methyl sites for hydroxylation is 1. The van der Waals surface area contributed by atoms with Gasteiger partial charge in [0.05, 0.1) is 4.47 Å². The Kier molecular flexibility index (Phi) is 6.33. The number of aliphatic hydroxyl groups excluding tert-OH is 1. The van der Waals surface area contributed by atoms with Gasteiger partial charge in [0.15, 0.2) is 0 Å². The molecule has 0 spiro atoms. The van der Waals surface area contributed by atoms with Crippen LogP contribution in [0.1, 0.15) is 31.2 Å². The first-order valence-electron chi connectivity index (χ1n) is 7.43. The van der Waals surface area contributed by atoms with Crippen molar-refractivity contribution < 1.29 is 9.84 Å². The number of hydrogen-bond acceptors (Lipinski definition) is 3. The van der Waals surface area contributed by atoms with Crippen LogP contribution in [0, 0.1) is 12.8 Å². The third kappa shape index (κ3) is 5.08. The number of benzene rings is 1. The van der Waals surface area contributed by atoms with Crippen LogP contribution >= 0.6 is 15.9 Å². The molecule has 1 fully saturated rings. The summed E-state index contributed by atoms with van der Waals surface area (Å²) in [5.74, 6) is 1.70. The first kappa shape index (κ1) is 15.8. The smallest absolute Gasteiger partial charge is 0.133 e. The van der Waals surface area contributed by atoms with E-state index in [1.807, 2.05) is 25.1 Å². The molecule has 1 saturated carbocycles. The summed E-state index contributed by atoms with van der Waals surface area (Å²) in [5.41, 5.74) is 1.18. The fraction of sp³-hybridized carbons (Fsp3) is 0.625. The summed E-state index contributed by atoms with van der Waals surface area (Å²) < 4.78 is 6.56. The van der Waals surface area contributed by atoms with Crippen molar-refractivity contribution in [3.8, 4) is 5.75 Å². The molecule has 2 N–H and O–H groups in total. The number of aliphatic hydroxyl groups is 1. The molecule has 0 bridgehead atoms. The lowest BCUT2D eigenvalue weighted by atomic mass is 9.83. The van der Waals surface area contributed by atoms with Crippen molar-refractivity contribution in [3.63, 3.8) is 0 Å². The summed E-state index contributed by atoms with van der Waals surface area (Å²) in [6, 6.07) is 5.94. The van der Waals surface area contributed by atoms with Crippen LogP contribution in [0.3, 0.4) is 0 Å². The Hall–Kier alpha value is -0.580. The summed E-state index contributed by atoms with van der Waals surface area (Å²) in [5, 5.41) is 13.2. The first-order valence-corrected chi connectivity index (χ1v) is 8.22. The van der Waals surface area contributed by atoms with Crippen LogP contribution in [0.25, 0.3) is 0 Å². The number of ether oxygens (including phenoxy) is 1. The van der Waals surface area contributed by atoms with Gasteiger partial charge in [-0.1, -0.05) is 25.3 Å². The lowest BCUT2D eigenvalue weighted by Crippen LogP contribution is -2.33. The lowest BCUT2D eigenvalue weighted by molar-refractivity contribution is 0.105. The Morgan fingerprint density at radius 3 is 2.90 bits per heavy atom. The van der Waals surface area contributed by atoms with Crippen molar-refractivity contribution in [3.05, 3.63) is 28.2 Å². The molecule has 4 heteroatoms. The monoisotopic (exact) mass is 341 g/mol. The zero-order valence-corrected chi connectivity index (χ0v) is 13.7. The van der Waals surface area contributed by atoms with Gasteiger partial charge in [0.25, 0.3) is 0 Å². The molecular formula is C16H24BrNO2. The molecule has 0 saturated heterocycles. The predicted octanol–water partition coefficient (Wildman–Crippen LogP) is 3.28. The fourth-order valence-electron chi connectivity index (χ4n) is 2.32. The summed E-state index contributed by atoms with van der Waals surface area (Å²) in [6.45, 7) is 3.94. The Balaban J connectivity index is 1.60. The van der Waals surface area contributed by atoms with Crippen molar-refractivity contribution in [2.24, 2.45) is 5.92 Å². The van der Waals surface area contributed by atoms with E-state index in [0.717, 1.165) is 22.7 Å². The SMILES string of the molecule is Cc1ccc(OCC(O)CNCCC2CCC2)c(Br)c1. The topological polar surface area (TPSA) is 41.5 Å². The molecule has 1 aromatic carbocycles. The third-order valence-corrected chi connectivity index (χ3v) is 4.47. The number of hydrogen-bond donors (Lipinski definition) is 2. The van der Waals surface area contributed by atoms with Crippen LogP contribution < -0.4 is 10.1 Å². The summed E-state index contributed by atoms with van der Waals surface area (Å²) in [6.07, 6.45) is 4.93. The molecule has 1 aliphatic rings. The van der Waals surface area contributed by atoms with Crippen molar-refractivity contribution in [1.29, 1.82) is 0 Å². The quantitative estimate of drug-likeness (QED) is 0.713. The largest absolute Gasteiger partial charge is 0.490 e. The number of rotatable bonds is 8. The van der Waals surface area contributed by atoms with Crippen LogP contribution in [-0.4, -0.2) is 30.9 Å². The number of halogens is 1. The van der Waals surface area contributed by atoms with Gasteiger partial charge in [-0.05, 0) is 59.4 Å². The number of nitrogens with one attached hydrogen (secondary N) is 1. The van der Waals surface area contributed by atoms with Crippen LogP contribution in [0.15, 0.2) is 22.7 Å². The molecule has 0 aliphatic heterocycles. The molecule has 0 heterocycles. The molecule has 1 aromatic rings. The minimum Gasteiger partial charge on any atom is -0.490 e. The van der Waals surface area contributed by atoms with Gasteiger partial charge in [-0.25, -0.2) is 0 Å². The van der Waals surface area contributed by atoms with Crippen LogP contribution in [0.2, 0.25) is 0 Å². The molecule has 20 heavy (non-hydrogen) atoms. The highest BCUT2D eigenvalue weighted by molar-refractivity contribution is 9.10. The standard InChI is InChI=1S/C16H24BrNO2/c1-12-5-6-16(15(17)9-12)20-11-14(19)10-18-8-7-13-3-2-4-13/h5-6,9,13-14,18-19H,2-4,7-8,10-11H2,1H3. The summed E-state index contributed by atoms with van der Waals surface area (Å²) in [7, 11) is 0. The van der Waals surface area contributed by atoms with E-state index in [1.54, 1.807) is 0 Å². The molecule has 0 amide bonds. The summed E-state index contributed by atoms with van der Waals surface area (Å²) in [4.78, 5) is 0. The maximum Gasteiger partial charge on any atom is 0.133 e. The van der Waals surface area contributed by atoms with E-state index < -0.39 is 6.10 Å². The van der Waals surface area contributed by atoms with Crippen LogP contribution in [-0.2, 0) is 0 Å². The predicted molar refractivity (Wildman–Crippen MR) is 85.2 cm³/mol. The second-order valence-corrected chi connectivity index (χ2v) is 6.54. The average molecular weight is 342 g/mol. The molecule has 1 aliphatic carbocycles. The molecule has 112 valence electrons. The molecule has 1 atom stereocenters. The Labute approximate surface area is 129 Å². The van der Waals surface area contributed by atoms with E-state index in [1.165, 1.54) is 31.2 Å². The van der Waals surface area contributed by atoms with Crippen molar-refractivity contribution in [2.45, 2.75) is 38.7 Å². The van der Waals surface area contributed by atoms with Crippen LogP contribution in [0.4, 0.5) is 0 Å². The van der Waals surface area contributed by atoms with Gasteiger partial charge >= 0.3 is 0 Å². The molecule has 3 nitrogen and oxygen atoms in total. The fourth-order valence-corrected chi connectivity index (χ4v) is 2.93. The highest BCUT2D eigenvalue weighted by Gasteiger charge is 2.16. The molecule has 0 aromatic heterocycles. The van der Waals surface area contributed by atoms with Crippen molar-refractivity contribution >= 4 is 15.9 Å². The second-order valence-electron chi connectivity index (χ2n) is 5.69. The van der Waals surface area contributed by atoms with E-state index in [0.29, 0.717) is 13.2 Å². The highest BCUT2D eigenvalue weighted by Crippen LogP contribution is 2.28. The highest BCUT2D eigenvalue weighted by atomic mass is 79.9. The molecule has 2 rings (SSSR count). The maximum atomic E-state index is 9.89. The molecular weight excluding hydrogens is 318 g/mol. The van der Waals surface area contributed by atoms with Gasteiger partial charge in [-0.2, -0.15) is 0 Å². The van der Waals surface area contributed by atoms with E-state index >= 15 is 0 Å². The Bertz CT molecular complexity index is 421. The minimum atomic E-state index is -0.468. The normalized spacial score (nSPS) is 16.8. The van der Waals surface area contributed by atoms with Crippen molar-refractivity contribution in [2.75, 3.05) is 19.7 Å². The Morgan fingerprint density at radius 1 is 1.45 bits per heavy atom. The van der Waals surface area contributed by atoms with E-state index in [4.69, 9.17) is 4.74 Å². The molecule has 0 radical (unpaired) electrons. The van der Waals surface area contributed by atoms with Crippen LogP contribution in [0.5, 0.6) is 5.75 Å². The first-order chi connectivity index (χ1) is 9.65. The Morgan fingerprint density at radius 2 is 2.25 bits per heavy atom. The van der Waals surface area contributed by atoms with E-state index in [9.17, 15) is 5.11 Å². The zero-order valence-electron chi connectivity index (χ0n) is 12.1. The van der Waals surface area contributed by atoms with Gasteiger partial charge in [-0.15, -0.1) is 0 Å². The van der Waals surface area contributed by atoms with Gasteiger partial charge in [0.1, 0.15) is 18.5 Å². The van der Waals surface area contributed by atoms with Gasteiger partial charge in [0, 0.05) is 6.54 Å². The minimum absolute atomic E-state index is 0.318. The van der Waals surface area contributed by atoms with Gasteiger partial charge in [0.2, 0.25) is 0 Å². The summed E-state index contributed by atoms with van der Waals surface area (Å²) >= 11 is 3.47. The lowest BCUT2D eigenvalue weighted by Gasteiger charge is -2.25.